The van der Waals surface area contributed by atoms with Crippen LogP contribution in [0.2, 0.25) is 0 Å². The van der Waals surface area contributed by atoms with Gasteiger partial charge in [-0.3, -0.25) is 0 Å². The Hall–Kier alpha value is -10.1. The Kier molecular flexibility index (Phi) is 11.3. The lowest BCUT2D eigenvalue weighted by Crippen LogP contribution is -2.56. The maximum absolute atomic E-state index is 7.43. The van der Waals surface area contributed by atoms with Gasteiger partial charge in [0.2, 0.25) is 0 Å². The summed E-state index contributed by atoms with van der Waals surface area (Å²) in [7, 11) is 0. The van der Waals surface area contributed by atoms with Crippen LogP contribution in [-0.4, -0.2) is 13.8 Å². The number of hydrogen-bond acceptors (Lipinski definition) is 8. The molecule has 10 aromatic carbocycles. The lowest BCUT2D eigenvalue weighted by atomic mass is 9.48. The van der Waals surface area contributed by atoms with Crippen molar-refractivity contribution in [2.75, 3.05) is 19.6 Å². The third kappa shape index (κ3) is 7.88. The maximum Gasteiger partial charge on any atom is 0.436 e. The van der Waals surface area contributed by atoms with Crippen molar-refractivity contribution in [2.45, 2.75) is 6.92 Å². The van der Waals surface area contributed by atoms with Gasteiger partial charge in [0, 0.05) is 74.2 Å². The van der Waals surface area contributed by atoms with E-state index < -0.39 is 13.8 Å². The summed E-state index contributed by atoms with van der Waals surface area (Å²) in [5, 5.41) is 0. The number of nitrogens with zero attached hydrogens (tertiary/aromatic N) is 4. The van der Waals surface area contributed by atoms with E-state index in [1.165, 1.54) is 0 Å². The van der Waals surface area contributed by atoms with E-state index in [4.69, 9.17) is 18.8 Å². The SMILES string of the molecule is C=C/C=C\C=C(/C)N(c1ccccc1)c1cc2c3c(c1)N(c1ccccc1)c1ccccc1OB3c1cc3c(cc1O2)Oc1cc(N(c2ccccc2)c2ccccc2)cc2c1B3Oc1ccccc1N2c1ccccc1. The monoisotopic (exact) mass is 994 g/mol. The van der Waals surface area contributed by atoms with Gasteiger partial charge in [0.05, 0.1) is 34.1 Å². The van der Waals surface area contributed by atoms with Crippen LogP contribution in [0.4, 0.5) is 62.6 Å². The molecule has 0 saturated heterocycles. The van der Waals surface area contributed by atoms with E-state index in [-0.39, 0.29) is 0 Å². The van der Waals surface area contributed by atoms with E-state index in [0.717, 1.165) is 102 Å². The predicted molar refractivity (Wildman–Crippen MR) is 316 cm³/mol. The van der Waals surface area contributed by atoms with Crippen molar-refractivity contribution in [2.24, 2.45) is 0 Å². The van der Waals surface area contributed by atoms with Crippen molar-refractivity contribution in [1.29, 1.82) is 0 Å². The first-order valence-electron chi connectivity index (χ1n) is 25.9. The van der Waals surface area contributed by atoms with Crippen LogP contribution in [0.5, 0.6) is 34.5 Å². The van der Waals surface area contributed by atoms with Gasteiger partial charge in [-0.2, -0.15) is 0 Å². The van der Waals surface area contributed by atoms with Crippen LogP contribution in [0.3, 0.4) is 0 Å². The molecule has 4 heterocycles. The molecule has 0 N–H and O–H groups in total. The Morgan fingerprint density at radius 3 is 1.32 bits per heavy atom. The quantitative estimate of drug-likeness (QED) is 0.0992. The van der Waals surface area contributed by atoms with Gasteiger partial charge in [-0.15, -0.1) is 0 Å². The summed E-state index contributed by atoms with van der Waals surface area (Å²) in [6.45, 7) is 4.82. The van der Waals surface area contributed by atoms with Crippen LogP contribution in [0.25, 0.3) is 0 Å². The molecule has 4 aliphatic rings. The lowest BCUT2D eigenvalue weighted by molar-refractivity contribution is 0.460. The highest BCUT2D eigenvalue weighted by Crippen LogP contribution is 2.50. The molecule has 0 aromatic heterocycles. The second-order valence-electron chi connectivity index (χ2n) is 19.3. The zero-order valence-corrected chi connectivity index (χ0v) is 42.1. The van der Waals surface area contributed by atoms with E-state index >= 15 is 0 Å². The third-order valence-electron chi connectivity index (χ3n) is 14.6. The van der Waals surface area contributed by atoms with E-state index in [0.29, 0.717) is 23.0 Å². The fraction of sp³-hybridized carbons (Fsp3) is 0.0149. The molecule has 366 valence electrons. The van der Waals surface area contributed by atoms with E-state index in [1.54, 1.807) is 6.08 Å². The van der Waals surface area contributed by atoms with Crippen molar-refractivity contribution in [3.63, 3.8) is 0 Å². The normalized spacial score (nSPS) is 13.4. The smallest absolute Gasteiger partial charge is 0.436 e. The first kappa shape index (κ1) is 45.6. The number of ether oxygens (including phenoxy) is 2. The maximum atomic E-state index is 7.43. The van der Waals surface area contributed by atoms with Crippen LogP contribution in [0.1, 0.15) is 6.92 Å². The summed E-state index contributed by atoms with van der Waals surface area (Å²) < 4.78 is 29.6. The minimum Gasteiger partial charge on any atom is -0.550 e. The zero-order chi connectivity index (χ0) is 51.4. The fourth-order valence-electron chi connectivity index (χ4n) is 11.3. The Bertz CT molecular complexity index is 3920. The summed E-state index contributed by atoms with van der Waals surface area (Å²) in [5.74, 6) is 4.06. The number of benzene rings is 10. The van der Waals surface area contributed by atoms with Crippen molar-refractivity contribution in [3.05, 3.63) is 273 Å². The van der Waals surface area contributed by atoms with Crippen molar-refractivity contribution in [1.82, 2.24) is 0 Å². The molecule has 77 heavy (non-hydrogen) atoms. The molecule has 0 aliphatic carbocycles. The van der Waals surface area contributed by atoms with Gasteiger partial charge in [0.25, 0.3) is 0 Å². The Morgan fingerprint density at radius 2 is 0.831 bits per heavy atom. The number of para-hydroxylation sites is 9. The first-order valence-corrected chi connectivity index (χ1v) is 25.9. The molecule has 14 rings (SSSR count). The lowest BCUT2D eigenvalue weighted by Gasteiger charge is -2.34. The Labute approximate surface area is 449 Å². The third-order valence-corrected chi connectivity index (χ3v) is 14.6. The van der Waals surface area contributed by atoms with Gasteiger partial charge in [-0.1, -0.05) is 146 Å². The molecular formula is C67H48B2N4O4. The molecule has 0 bridgehead atoms. The van der Waals surface area contributed by atoms with Crippen LogP contribution >= 0.6 is 0 Å². The van der Waals surface area contributed by atoms with Crippen LogP contribution in [-0.2, 0) is 0 Å². The van der Waals surface area contributed by atoms with Gasteiger partial charge in [-0.25, -0.2) is 0 Å². The largest absolute Gasteiger partial charge is 0.550 e. The number of hydrogen-bond donors (Lipinski definition) is 0. The molecule has 10 aromatic rings. The molecule has 0 spiro atoms. The molecule has 0 unspecified atom stereocenters. The Balaban J connectivity index is 1.00. The number of anilines is 11. The summed E-state index contributed by atoms with van der Waals surface area (Å²) in [4.78, 5) is 9.13. The molecule has 10 heteroatoms. The van der Waals surface area contributed by atoms with E-state index in [2.05, 4.69) is 227 Å². The highest BCUT2D eigenvalue weighted by atomic mass is 16.5. The van der Waals surface area contributed by atoms with Crippen molar-refractivity contribution >= 4 is 98.2 Å². The van der Waals surface area contributed by atoms with Gasteiger partial charge in [0.15, 0.2) is 0 Å². The minimum absolute atomic E-state index is 0.605. The van der Waals surface area contributed by atoms with Crippen LogP contribution < -0.4 is 60.2 Å². The molecule has 0 fully saturated rings. The second kappa shape index (κ2) is 19.0. The number of allylic oxidation sites excluding steroid dienone is 5. The molecule has 0 atom stereocenters. The molecular weight excluding hydrogens is 946 g/mol. The van der Waals surface area contributed by atoms with E-state index in [1.807, 2.05) is 60.7 Å². The second-order valence-corrected chi connectivity index (χ2v) is 19.3. The molecule has 0 radical (unpaired) electrons. The zero-order valence-electron chi connectivity index (χ0n) is 42.1. The highest BCUT2D eigenvalue weighted by molar-refractivity contribution is 6.87. The summed E-state index contributed by atoms with van der Waals surface area (Å²) >= 11 is 0. The average molecular weight is 995 g/mol. The minimum atomic E-state index is -0.609. The summed E-state index contributed by atoms with van der Waals surface area (Å²) in [6, 6.07) is 81.9. The van der Waals surface area contributed by atoms with Gasteiger partial charge in [-0.05, 0) is 110 Å². The van der Waals surface area contributed by atoms with Crippen LogP contribution in [0, 0.1) is 0 Å². The fourth-order valence-corrected chi connectivity index (χ4v) is 11.3. The van der Waals surface area contributed by atoms with Gasteiger partial charge >= 0.3 is 13.8 Å². The van der Waals surface area contributed by atoms with Gasteiger partial charge in [0.1, 0.15) is 34.5 Å². The van der Waals surface area contributed by atoms with Crippen molar-refractivity contribution < 1.29 is 18.8 Å². The van der Waals surface area contributed by atoms with Crippen molar-refractivity contribution in [3.8, 4) is 34.5 Å². The molecule has 4 aliphatic heterocycles. The average Bonchev–Trinajstić information content (AvgIpc) is 3.81. The topological polar surface area (TPSA) is 49.9 Å². The molecule has 0 saturated carbocycles. The molecule has 8 nitrogen and oxygen atoms in total. The summed E-state index contributed by atoms with van der Waals surface area (Å²) in [6.07, 6.45) is 7.83. The summed E-state index contributed by atoms with van der Waals surface area (Å²) in [5.41, 5.74) is 15.0. The Morgan fingerprint density at radius 1 is 0.403 bits per heavy atom. The predicted octanol–water partition coefficient (Wildman–Crippen LogP) is 15.1. The van der Waals surface area contributed by atoms with E-state index in [9.17, 15) is 0 Å². The van der Waals surface area contributed by atoms with Gasteiger partial charge < -0.3 is 38.4 Å². The highest BCUT2D eigenvalue weighted by Gasteiger charge is 2.47. The number of fused-ring (bicyclic) bond motifs is 6. The number of rotatable bonds is 10. The first-order chi connectivity index (χ1) is 38.1. The van der Waals surface area contributed by atoms with Crippen LogP contribution in [0.15, 0.2) is 273 Å². The standard InChI is InChI=1S/C67H48B2N4O4/c1-3-4-10-25-46(2)70(47-26-11-5-12-27-47)52-40-58-66-64(42-52)74-62-45-63-55(44-54(62)68(66)76-60-38-23-21-36-56(60)72(58)50-32-17-8-18-33-50)69-67-59(73(51-34-19-9-20-35-51)57-37-22-24-39-61(57)77-69)41-53(43-65(67)75-63)71(48-28-13-6-14-29-48)49-30-15-7-16-31-49/h3-45H,1H2,2H3/b10-4-,46-25+. The molecule has 0 amide bonds.